The van der Waals surface area contributed by atoms with Gasteiger partial charge in [0.05, 0.1) is 6.26 Å². The number of pyridine rings is 1. The molecule has 6 rings (SSSR count). The van der Waals surface area contributed by atoms with E-state index < -0.39 is 6.04 Å². The second kappa shape index (κ2) is 10.3. The Morgan fingerprint density at radius 2 is 1.79 bits per heavy atom. The van der Waals surface area contributed by atoms with Crippen molar-refractivity contribution in [1.29, 1.82) is 0 Å². The van der Waals surface area contributed by atoms with Crippen molar-refractivity contribution in [2.45, 2.75) is 33.4 Å². The first-order chi connectivity index (χ1) is 18.9. The molecule has 0 bridgehead atoms. The number of H-pyrrole nitrogens is 1. The van der Waals surface area contributed by atoms with Crippen molar-refractivity contribution < 1.29 is 4.42 Å². The molecule has 1 saturated heterocycles. The summed E-state index contributed by atoms with van der Waals surface area (Å²) in [5, 5.41) is 14.4. The first kappa shape index (κ1) is 25.3. The molecule has 0 unspecified atom stereocenters. The number of benzene rings is 2. The highest BCUT2D eigenvalue weighted by atomic mass is 35.5. The molecule has 2 aromatic carbocycles. The van der Waals surface area contributed by atoms with E-state index in [1.807, 2.05) is 49.4 Å². The Balaban J connectivity index is 1.40. The third-order valence-corrected chi connectivity index (χ3v) is 7.90. The van der Waals surface area contributed by atoms with Crippen LogP contribution in [0, 0.1) is 20.8 Å². The van der Waals surface area contributed by atoms with E-state index in [0.717, 1.165) is 46.0 Å². The average molecular weight is 544 g/mol. The summed E-state index contributed by atoms with van der Waals surface area (Å²) in [6.45, 7) is 9.59. The Hall–Kier alpha value is -3.95. The first-order valence-corrected chi connectivity index (χ1v) is 13.4. The highest BCUT2D eigenvalue weighted by Gasteiger charge is 2.33. The number of rotatable bonds is 6. The monoisotopic (exact) mass is 543 g/mol. The Bertz CT molecular complexity index is 1680. The van der Waals surface area contributed by atoms with Crippen molar-refractivity contribution in [3.8, 4) is 0 Å². The van der Waals surface area contributed by atoms with Crippen molar-refractivity contribution in [1.82, 2.24) is 30.1 Å². The maximum atomic E-state index is 13.6. The Labute approximate surface area is 231 Å². The Morgan fingerprint density at radius 1 is 1.00 bits per heavy atom. The number of piperazine rings is 1. The summed E-state index contributed by atoms with van der Waals surface area (Å²) in [7, 11) is 0. The van der Waals surface area contributed by atoms with Gasteiger partial charge in [-0.15, -0.1) is 5.10 Å². The van der Waals surface area contributed by atoms with Crippen LogP contribution in [0.1, 0.15) is 39.9 Å². The van der Waals surface area contributed by atoms with E-state index in [1.165, 1.54) is 11.1 Å². The van der Waals surface area contributed by atoms with E-state index in [9.17, 15) is 4.79 Å². The fourth-order valence-corrected chi connectivity index (χ4v) is 5.58. The van der Waals surface area contributed by atoms with Crippen LogP contribution in [0.5, 0.6) is 0 Å². The third-order valence-electron chi connectivity index (χ3n) is 7.66. The molecule has 4 heterocycles. The van der Waals surface area contributed by atoms with Gasteiger partial charge in [-0.2, -0.15) is 0 Å². The predicted octanol–water partition coefficient (Wildman–Crippen LogP) is 4.65. The molecule has 0 spiro atoms. The van der Waals surface area contributed by atoms with Gasteiger partial charge in [0.2, 0.25) is 0 Å². The molecule has 3 aromatic heterocycles. The number of hydrogen-bond donors (Lipinski definition) is 1. The van der Waals surface area contributed by atoms with Gasteiger partial charge in [-0.05, 0) is 95.7 Å². The number of aryl methyl sites for hydroxylation is 3. The van der Waals surface area contributed by atoms with Gasteiger partial charge in [0.1, 0.15) is 18.3 Å². The van der Waals surface area contributed by atoms with Gasteiger partial charge in [0, 0.05) is 48.0 Å². The van der Waals surface area contributed by atoms with E-state index in [0.29, 0.717) is 31.0 Å². The predicted molar refractivity (Wildman–Crippen MR) is 151 cm³/mol. The number of hydrogen-bond acceptors (Lipinski definition) is 7. The highest BCUT2D eigenvalue weighted by molar-refractivity contribution is 6.30. The molecule has 0 aliphatic carbocycles. The molecular formula is C29H30ClN7O2. The van der Waals surface area contributed by atoms with Gasteiger partial charge in [0.25, 0.3) is 5.56 Å². The summed E-state index contributed by atoms with van der Waals surface area (Å²) in [5.74, 6) is 1.34. The number of fused-ring (bicyclic) bond motifs is 1. The van der Waals surface area contributed by atoms with Crippen LogP contribution in [0.15, 0.2) is 64.0 Å². The van der Waals surface area contributed by atoms with Crippen LogP contribution in [-0.2, 0) is 6.54 Å². The van der Waals surface area contributed by atoms with Crippen LogP contribution in [0.3, 0.4) is 0 Å². The van der Waals surface area contributed by atoms with E-state index >= 15 is 0 Å². The second-order valence-corrected chi connectivity index (χ2v) is 10.6. The number of nitrogens with zero attached hydrogens (tertiary/aromatic N) is 6. The van der Waals surface area contributed by atoms with E-state index in [1.54, 1.807) is 10.9 Å². The van der Waals surface area contributed by atoms with Crippen molar-refractivity contribution >= 4 is 28.2 Å². The average Bonchev–Trinajstić information content (AvgIpc) is 3.61. The summed E-state index contributed by atoms with van der Waals surface area (Å²) >= 11 is 6.32. The molecule has 5 aromatic rings. The minimum atomic E-state index is -0.438. The molecule has 1 atom stereocenters. The van der Waals surface area contributed by atoms with Crippen molar-refractivity contribution in [2.24, 2.45) is 0 Å². The molecule has 0 saturated carbocycles. The molecule has 0 amide bonds. The number of nitrogens with one attached hydrogen (secondary N) is 1. The lowest BCUT2D eigenvalue weighted by Gasteiger charge is -2.40. The summed E-state index contributed by atoms with van der Waals surface area (Å²) in [6, 6.07) is 15.4. The second-order valence-electron chi connectivity index (χ2n) is 10.2. The molecule has 39 heavy (non-hydrogen) atoms. The Morgan fingerprint density at radius 3 is 2.56 bits per heavy atom. The smallest absolute Gasteiger partial charge is 0.253 e. The largest absolute Gasteiger partial charge is 0.467 e. The number of tetrazole rings is 1. The standard InChI is InChI=1S/C29H30ClN7O2/c1-18-6-7-22(30)16-26(18)35-8-10-36(11-9-35)27(28-32-33-34-37(28)17-23-5-4-12-39-23)24-15-21-13-19(2)20(3)14-25(21)31-29(24)38/h4-7,12-16,27H,8-11,17H2,1-3H3,(H,31,38)/t27-/m1/s1. The van der Waals surface area contributed by atoms with Crippen LogP contribution < -0.4 is 10.5 Å². The molecule has 1 aliphatic heterocycles. The zero-order valence-corrected chi connectivity index (χ0v) is 22.9. The first-order valence-electron chi connectivity index (χ1n) is 13.0. The van der Waals surface area contributed by atoms with Crippen LogP contribution in [0.25, 0.3) is 10.9 Å². The van der Waals surface area contributed by atoms with E-state index in [4.69, 9.17) is 16.0 Å². The molecular weight excluding hydrogens is 514 g/mol. The SMILES string of the molecule is Cc1cc2cc([C@H](c3nnnn3Cc3ccco3)N3CCN(c4cc(Cl)ccc4C)CC3)c(=O)[nH]c2cc1C. The van der Waals surface area contributed by atoms with Crippen LogP contribution in [0.4, 0.5) is 5.69 Å². The summed E-state index contributed by atoms with van der Waals surface area (Å²) in [6.07, 6.45) is 1.63. The molecule has 1 aliphatic rings. The molecule has 200 valence electrons. The fourth-order valence-electron chi connectivity index (χ4n) is 5.41. The minimum absolute atomic E-state index is 0.142. The topological polar surface area (TPSA) is 96.1 Å². The maximum absolute atomic E-state index is 13.6. The van der Waals surface area contributed by atoms with Gasteiger partial charge in [-0.3, -0.25) is 9.69 Å². The zero-order chi connectivity index (χ0) is 27.1. The van der Waals surface area contributed by atoms with Crippen LogP contribution in [0.2, 0.25) is 5.02 Å². The summed E-state index contributed by atoms with van der Waals surface area (Å²) < 4.78 is 7.29. The van der Waals surface area contributed by atoms with Gasteiger partial charge >= 0.3 is 0 Å². The lowest BCUT2D eigenvalue weighted by atomic mass is 10.00. The maximum Gasteiger partial charge on any atom is 0.253 e. The summed E-state index contributed by atoms with van der Waals surface area (Å²) in [5.41, 5.74) is 5.92. The lowest BCUT2D eigenvalue weighted by molar-refractivity contribution is 0.200. The fraction of sp³-hybridized carbons (Fsp3) is 0.310. The number of aromatic nitrogens is 5. The van der Waals surface area contributed by atoms with Gasteiger partial charge in [-0.1, -0.05) is 17.7 Å². The normalized spacial score (nSPS) is 15.2. The number of anilines is 1. The van der Waals surface area contributed by atoms with Crippen molar-refractivity contribution in [3.05, 3.63) is 104 Å². The van der Waals surface area contributed by atoms with Gasteiger partial charge < -0.3 is 14.3 Å². The van der Waals surface area contributed by atoms with Crippen LogP contribution >= 0.6 is 11.6 Å². The Kier molecular flexibility index (Phi) is 6.70. The molecule has 9 nitrogen and oxygen atoms in total. The minimum Gasteiger partial charge on any atom is -0.467 e. The zero-order valence-electron chi connectivity index (χ0n) is 22.2. The molecule has 1 N–H and O–H groups in total. The number of furan rings is 1. The summed E-state index contributed by atoms with van der Waals surface area (Å²) in [4.78, 5) is 21.4. The quantitative estimate of drug-likeness (QED) is 0.333. The molecule has 10 heteroatoms. The number of halogens is 1. The van der Waals surface area contributed by atoms with E-state index in [2.05, 4.69) is 50.2 Å². The highest BCUT2D eigenvalue weighted by Crippen LogP contribution is 2.31. The van der Waals surface area contributed by atoms with E-state index in [-0.39, 0.29) is 5.56 Å². The van der Waals surface area contributed by atoms with Crippen molar-refractivity contribution in [3.63, 3.8) is 0 Å². The number of aromatic amines is 1. The molecule has 0 radical (unpaired) electrons. The van der Waals surface area contributed by atoms with Crippen LogP contribution in [-0.4, -0.2) is 56.3 Å². The van der Waals surface area contributed by atoms with Crippen molar-refractivity contribution in [2.75, 3.05) is 31.1 Å². The van der Waals surface area contributed by atoms with Gasteiger partial charge in [0.15, 0.2) is 5.82 Å². The molecule has 1 fully saturated rings. The third kappa shape index (κ3) is 4.95. The lowest BCUT2D eigenvalue weighted by Crippen LogP contribution is -2.49. The van der Waals surface area contributed by atoms with Gasteiger partial charge in [-0.25, -0.2) is 4.68 Å².